The van der Waals surface area contributed by atoms with E-state index < -0.39 is 44.9 Å². The maximum absolute atomic E-state index is 13.2. The third kappa shape index (κ3) is 7.29. The van der Waals surface area contributed by atoms with E-state index in [4.69, 9.17) is 0 Å². The van der Waals surface area contributed by atoms with E-state index in [1.54, 1.807) is 0 Å². The van der Waals surface area contributed by atoms with Gasteiger partial charge in [0.05, 0.1) is 32.5 Å². The zero-order valence-corrected chi connectivity index (χ0v) is 21.2. The number of halogens is 3. The molecule has 0 aliphatic heterocycles. The molecule has 0 saturated carbocycles. The Morgan fingerprint density at radius 3 is 1.46 bits per heavy atom. The summed E-state index contributed by atoms with van der Waals surface area (Å²) < 4.78 is 79.1. The average Bonchev–Trinajstić information content (AvgIpc) is 2.86. The molecule has 0 unspecified atom stereocenters. The van der Waals surface area contributed by atoms with Crippen molar-refractivity contribution in [2.75, 3.05) is 21.3 Å². The lowest BCUT2D eigenvalue weighted by molar-refractivity contribution is -0.146. The Hall–Kier alpha value is -3.45. The first-order valence-corrected chi connectivity index (χ1v) is 12.2. The topological polar surface area (TPSA) is 125 Å². The van der Waals surface area contributed by atoms with Gasteiger partial charge in [0.1, 0.15) is 6.04 Å². The normalized spacial score (nSPS) is 12.9. The molecular weight excluding hydrogens is 519 g/mol. The molecular formula is C24H26F3NO8S. The first kappa shape index (κ1) is 29.8. The fourth-order valence-corrected chi connectivity index (χ4v) is 4.59. The molecule has 2 aromatic carbocycles. The molecule has 0 radical (unpaired) electrons. The summed E-state index contributed by atoms with van der Waals surface area (Å²) in [6.45, 7) is 1.43. The smallest absolute Gasteiger partial charge is 0.468 e. The van der Waals surface area contributed by atoms with Crippen molar-refractivity contribution in [3.05, 3.63) is 70.8 Å². The number of rotatable bonds is 10. The Bertz CT molecular complexity index is 1160. The van der Waals surface area contributed by atoms with Gasteiger partial charge >= 0.3 is 33.4 Å². The molecule has 37 heavy (non-hydrogen) atoms. The number of nitrogens with one attached hydrogen (secondary N) is 1. The van der Waals surface area contributed by atoms with Crippen LogP contribution in [0.4, 0.5) is 13.2 Å². The Labute approximate surface area is 212 Å². The van der Waals surface area contributed by atoms with Crippen molar-refractivity contribution in [1.82, 2.24) is 4.72 Å². The minimum Gasteiger partial charge on any atom is -0.468 e. The maximum atomic E-state index is 13.2. The van der Waals surface area contributed by atoms with Gasteiger partial charge in [-0.25, -0.2) is 18.0 Å². The van der Waals surface area contributed by atoms with E-state index in [0.717, 1.165) is 7.11 Å². The Balaban J connectivity index is 2.56. The van der Waals surface area contributed by atoms with Crippen molar-refractivity contribution < 1.29 is 50.2 Å². The van der Waals surface area contributed by atoms with Crippen LogP contribution >= 0.6 is 0 Å². The van der Waals surface area contributed by atoms with E-state index in [1.807, 2.05) is 0 Å². The Kier molecular flexibility index (Phi) is 9.44. The number of carbonyl (C=O) groups excluding carboxylic acids is 3. The summed E-state index contributed by atoms with van der Waals surface area (Å²) >= 11 is 0. The molecule has 0 aliphatic carbocycles. The predicted octanol–water partition coefficient (Wildman–Crippen LogP) is 3.03. The molecule has 0 heterocycles. The Morgan fingerprint density at radius 1 is 0.784 bits per heavy atom. The van der Waals surface area contributed by atoms with Gasteiger partial charge in [-0.15, -0.1) is 0 Å². The number of alkyl halides is 3. The van der Waals surface area contributed by atoms with E-state index in [2.05, 4.69) is 14.2 Å². The van der Waals surface area contributed by atoms with Crippen LogP contribution < -0.4 is 4.72 Å². The van der Waals surface area contributed by atoms with Gasteiger partial charge in [-0.05, 0) is 48.2 Å². The van der Waals surface area contributed by atoms with Crippen LogP contribution in [0.2, 0.25) is 0 Å². The predicted molar refractivity (Wildman–Crippen MR) is 125 cm³/mol. The summed E-state index contributed by atoms with van der Waals surface area (Å²) in [5.41, 5.74) is -5.78. The highest BCUT2D eigenvalue weighted by Gasteiger charge is 2.51. The number of methoxy groups -OCH3 is 3. The van der Waals surface area contributed by atoms with Crippen LogP contribution in [0.1, 0.15) is 38.8 Å². The van der Waals surface area contributed by atoms with Crippen molar-refractivity contribution in [1.29, 1.82) is 0 Å². The number of hydrogen-bond acceptors (Lipinski definition) is 8. The van der Waals surface area contributed by atoms with Crippen LogP contribution in [-0.2, 0) is 41.9 Å². The van der Waals surface area contributed by atoms with Gasteiger partial charge in [0, 0.05) is 5.41 Å². The summed E-state index contributed by atoms with van der Waals surface area (Å²) in [7, 11) is -2.61. The standard InChI is InChI=1S/C24H26F3NO8S/c1-23(13-15-5-9-17(10-6-15)20(29)34-2,14-16-7-11-18(12-8-16)21(30)35-3)19(22(31)36-4)28-37(32,33)24(25,26)27/h5-12,19,28H,13-14H2,1-4H3/t19-/m1/s1. The van der Waals surface area contributed by atoms with Crippen molar-refractivity contribution in [2.24, 2.45) is 5.41 Å². The molecule has 9 nitrogen and oxygen atoms in total. The van der Waals surface area contributed by atoms with Crippen LogP contribution in [0.15, 0.2) is 48.5 Å². The quantitative estimate of drug-likeness (QED) is 0.357. The number of hydrogen-bond donors (Lipinski definition) is 1. The minimum atomic E-state index is -5.94. The van der Waals surface area contributed by atoms with Crippen LogP contribution in [0.3, 0.4) is 0 Å². The largest absolute Gasteiger partial charge is 0.511 e. The Morgan fingerprint density at radius 2 is 1.16 bits per heavy atom. The van der Waals surface area contributed by atoms with E-state index in [0.29, 0.717) is 11.1 Å². The molecule has 2 rings (SSSR count). The third-order valence-electron chi connectivity index (χ3n) is 5.68. The molecule has 0 aliphatic rings. The SMILES string of the molecule is COC(=O)c1ccc(CC(C)(Cc2ccc(C(=O)OC)cc2)[C@H](NS(=O)(=O)C(F)(F)F)C(=O)OC)cc1. The van der Waals surface area contributed by atoms with Gasteiger partial charge in [0.25, 0.3) is 0 Å². The summed E-state index contributed by atoms with van der Waals surface area (Å²) in [6.07, 6.45) is -0.208. The number of sulfonamides is 1. The van der Waals surface area contributed by atoms with Crippen LogP contribution in [0.5, 0.6) is 0 Å². The highest BCUT2D eigenvalue weighted by molar-refractivity contribution is 7.90. The number of carbonyl (C=O) groups is 3. The van der Waals surface area contributed by atoms with Crippen LogP contribution in [0, 0.1) is 5.41 Å². The number of esters is 3. The monoisotopic (exact) mass is 545 g/mol. The lowest BCUT2D eigenvalue weighted by atomic mass is 9.72. The second-order valence-electron chi connectivity index (χ2n) is 8.41. The van der Waals surface area contributed by atoms with Crippen LogP contribution in [-0.4, -0.2) is 59.2 Å². The molecule has 0 saturated heterocycles. The highest BCUT2D eigenvalue weighted by Crippen LogP contribution is 2.35. The molecule has 0 aromatic heterocycles. The molecule has 0 amide bonds. The van der Waals surface area contributed by atoms with Crippen molar-refractivity contribution in [2.45, 2.75) is 31.3 Å². The van der Waals surface area contributed by atoms with E-state index >= 15 is 0 Å². The second kappa shape index (κ2) is 11.7. The highest BCUT2D eigenvalue weighted by atomic mass is 32.2. The van der Waals surface area contributed by atoms with Gasteiger partial charge in [-0.3, -0.25) is 4.79 Å². The molecule has 0 spiro atoms. The lowest BCUT2D eigenvalue weighted by Crippen LogP contribution is -2.56. The van der Waals surface area contributed by atoms with Crippen LogP contribution in [0.25, 0.3) is 0 Å². The summed E-state index contributed by atoms with van der Waals surface area (Å²) in [4.78, 5) is 36.1. The average molecular weight is 546 g/mol. The van der Waals surface area contributed by atoms with Crippen molar-refractivity contribution >= 4 is 27.9 Å². The van der Waals surface area contributed by atoms with E-state index in [9.17, 15) is 36.0 Å². The fourth-order valence-electron chi connectivity index (χ4n) is 3.77. The molecule has 2 aromatic rings. The van der Waals surface area contributed by atoms with E-state index in [-0.39, 0.29) is 24.0 Å². The molecule has 0 fully saturated rings. The first-order valence-electron chi connectivity index (χ1n) is 10.7. The summed E-state index contributed by atoms with van der Waals surface area (Å²) in [6, 6.07) is 9.81. The summed E-state index contributed by atoms with van der Waals surface area (Å²) in [5, 5.41) is 0. The second-order valence-corrected chi connectivity index (χ2v) is 10.1. The minimum absolute atomic E-state index is 0.104. The lowest BCUT2D eigenvalue weighted by Gasteiger charge is -2.37. The van der Waals surface area contributed by atoms with Gasteiger partial charge in [0.15, 0.2) is 0 Å². The summed E-state index contributed by atoms with van der Waals surface area (Å²) in [5.74, 6) is -2.44. The first-order chi connectivity index (χ1) is 17.2. The number of benzene rings is 2. The molecule has 13 heteroatoms. The molecule has 202 valence electrons. The molecule has 1 N–H and O–H groups in total. The fraction of sp³-hybridized carbons (Fsp3) is 0.375. The van der Waals surface area contributed by atoms with Gasteiger partial charge in [-0.2, -0.15) is 17.9 Å². The molecule has 0 bridgehead atoms. The maximum Gasteiger partial charge on any atom is 0.511 e. The number of ether oxygens (including phenoxy) is 3. The van der Waals surface area contributed by atoms with E-state index in [1.165, 1.54) is 74.4 Å². The van der Waals surface area contributed by atoms with Gasteiger partial charge in [-0.1, -0.05) is 31.2 Å². The van der Waals surface area contributed by atoms with Crippen molar-refractivity contribution in [3.63, 3.8) is 0 Å². The zero-order valence-electron chi connectivity index (χ0n) is 20.4. The molecule has 1 atom stereocenters. The zero-order chi connectivity index (χ0) is 28.0. The van der Waals surface area contributed by atoms with Gasteiger partial charge < -0.3 is 14.2 Å². The third-order valence-corrected chi connectivity index (χ3v) is 6.83. The van der Waals surface area contributed by atoms with Crippen molar-refractivity contribution in [3.8, 4) is 0 Å². The van der Waals surface area contributed by atoms with Gasteiger partial charge in [0.2, 0.25) is 0 Å².